The fraction of sp³-hybridized carbons (Fsp3) is 0.333. The SMILES string of the molecule is OCCN(CCO)CCCNCc1ccc2ccc3cccc4ccc1c2c34. The number of benzene rings is 4. The van der Waals surface area contributed by atoms with Crippen molar-refractivity contribution < 1.29 is 10.2 Å². The summed E-state index contributed by atoms with van der Waals surface area (Å²) in [6, 6.07) is 19.9. The standard InChI is InChI=1S/C24H28N2O2/c27-15-13-26(14-16-28)12-2-11-25-17-21-8-7-20-6-5-18-3-1-4-19-9-10-22(21)24(20)23(18)19/h1,3-10,25,27-28H,2,11-17H2. The van der Waals surface area contributed by atoms with E-state index in [1.165, 1.54) is 37.9 Å². The summed E-state index contributed by atoms with van der Waals surface area (Å²) < 4.78 is 0. The van der Waals surface area contributed by atoms with Gasteiger partial charge < -0.3 is 15.5 Å². The van der Waals surface area contributed by atoms with Crippen molar-refractivity contribution in [2.75, 3.05) is 39.4 Å². The van der Waals surface area contributed by atoms with Gasteiger partial charge in [-0.2, -0.15) is 0 Å². The summed E-state index contributed by atoms with van der Waals surface area (Å²) in [5, 5.41) is 29.7. The van der Waals surface area contributed by atoms with E-state index in [9.17, 15) is 0 Å². The molecule has 0 aliphatic heterocycles. The lowest BCUT2D eigenvalue weighted by atomic mass is 9.92. The smallest absolute Gasteiger partial charge is 0.0558 e. The fourth-order valence-electron chi connectivity index (χ4n) is 4.22. The highest BCUT2D eigenvalue weighted by Gasteiger charge is 2.10. The summed E-state index contributed by atoms with van der Waals surface area (Å²) in [7, 11) is 0. The Bertz CT molecular complexity index is 1020. The second-order valence-electron chi connectivity index (χ2n) is 7.40. The molecule has 0 fully saturated rings. The molecule has 0 radical (unpaired) electrons. The summed E-state index contributed by atoms with van der Waals surface area (Å²) in [6.45, 7) is 4.15. The van der Waals surface area contributed by atoms with E-state index < -0.39 is 0 Å². The van der Waals surface area contributed by atoms with Gasteiger partial charge in [-0.25, -0.2) is 0 Å². The van der Waals surface area contributed by atoms with Crippen LogP contribution in [-0.2, 0) is 6.54 Å². The number of nitrogens with zero attached hydrogens (tertiary/aromatic N) is 1. The predicted octanol–water partition coefficient (Wildman–Crippen LogP) is 3.35. The van der Waals surface area contributed by atoms with E-state index in [0.717, 1.165) is 26.1 Å². The van der Waals surface area contributed by atoms with Gasteiger partial charge in [0.2, 0.25) is 0 Å². The van der Waals surface area contributed by atoms with E-state index in [4.69, 9.17) is 10.2 Å². The second kappa shape index (κ2) is 8.84. The molecule has 4 rings (SSSR count). The lowest BCUT2D eigenvalue weighted by Gasteiger charge is -2.20. The first-order chi connectivity index (χ1) is 13.8. The van der Waals surface area contributed by atoms with E-state index in [1.54, 1.807) is 0 Å². The molecule has 28 heavy (non-hydrogen) atoms. The molecule has 0 atom stereocenters. The van der Waals surface area contributed by atoms with Crippen molar-refractivity contribution in [2.45, 2.75) is 13.0 Å². The van der Waals surface area contributed by atoms with Crippen LogP contribution >= 0.6 is 0 Å². The Hall–Kier alpha value is -2.24. The van der Waals surface area contributed by atoms with Crippen LogP contribution < -0.4 is 5.32 Å². The largest absolute Gasteiger partial charge is 0.395 e. The molecule has 0 heterocycles. The minimum absolute atomic E-state index is 0.135. The highest BCUT2D eigenvalue weighted by atomic mass is 16.3. The molecule has 3 N–H and O–H groups in total. The summed E-state index contributed by atoms with van der Waals surface area (Å²) in [4.78, 5) is 2.10. The molecule has 0 aliphatic rings. The first-order valence-corrected chi connectivity index (χ1v) is 10.1. The molecule has 0 saturated heterocycles. The lowest BCUT2D eigenvalue weighted by molar-refractivity contribution is 0.160. The van der Waals surface area contributed by atoms with E-state index in [-0.39, 0.29) is 13.2 Å². The first kappa shape index (κ1) is 19.1. The Labute approximate surface area is 165 Å². The zero-order valence-corrected chi connectivity index (χ0v) is 16.2. The van der Waals surface area contributed by atoms with Crippen LogP contribution in [-0.4, -0.2) is 54.5 Å². The van der Waals surface area contributed by atoms with Gasteiger partial charge in [-0.05, 0) is 57.4 Å². The van der Waals surface area contributed by atoms with Gasteiger partial charge in [-0.3, -0.25) is 4.90 Å². The maximum Gasteiger partial charge on any atom is 0.0558 e. The van der Waals surface area contributed by atoms with Gasteiger partial charge in [0, 0.05) is 19.6 Å². The second-order valence-corrected chi connectivity index (χ2v) is 7.40. The molecular formula is C24H28N2O2. The molecule has 0 bridgehead atoms. The Morgan fingerprint density at radius 3 is 2.07 bits per heavy atom. The molecule has 146 valence electrons. The summed E-state index contributed by atoms with van der Waals surface area (Å²) in [6.07, 6.45) is 0.992. The monoisotopic (exact) mass is 376 g/mol. The Balaban J connectivity index is 1.47. The number of hydrogen-bond donors (Lipinski definition) is 3. The highest BCUT2D eigenvalue weighted by molar-refractivity contribution is 6.23. The van der Waals surface area contributed by atoms with Crippen LogP contribution in [0.3, 0.4) is 0 Å². The van der Waals surface area contributed by atoms with Gasteiger partial charge in [0.15, 0.2) is 0 Å². The highest BCUT2D eigenvalue weighted by Crippen LogP contribution is 2.35. The van der Waals surface area contributed by atoms with Crippen molar-refractivity contribution in [1.82, 2.24) is 10.2 Å². The van der Waals surface area contributed by atoms with Crippen LogP contribution in [0.15, 0.2) is 54.6 Å². The normalized spacial score (nSPS) is 12.1. The summed E-state index contributed by atoms with van der Waals surface area (Å²) in [5.41, 5.74) is 1.33. The van der Waals surface area contributed by atoms with E-state index in [2.05, 4.69) is 64.8 Å². The van der Waals surface area contributed by atoms with Crippen LogP contribution in [0.4, 0.5) is 0 Å². The zero-order valence-electron chi connectivity index (χ0n) is 16.2. The molecule has 4 nitrogen and oxygen atoms in total. The van der Waals surface area contributed by atoms with Crippen molar-refractivity contribution in [2.24, 2.45) is 0 Å². The molecule has 0 spiro atoms. The number of rotatable bonds is 10. The van der Waals surface area contributed by atoms with Gasteiger partial charge in [0.05, 0.1) is 13.2 Å². The Morgan fingerprint density at radius 1 is 0.714 bits per heavy atom. The molecule has 4 aromatic rings. The molecule has 0 aromatic heterocycles. The van der Waals surface area contributed by atoms with Gasteiger partial charge in [0.1, 0.15) is 0 Å². The zero-order chi connectivity index (χ0) is 19.3. The topological polar surface area (TPSA) is 55.7 Å². The average molecular weight is 377 g/mol. The van der Waals surface area contributed by atoms with E-state index >= 15 is 0 Å². The van der Waals surface area contributed by atoms with Crippen molar-refractivity contribution in [3.8, 4) is 0 Å². The molecule has 0 unspecified atom stereocenters. The van der Waals surface area contributed by atoms with Gasteiger partial charge in [-0.1, -0.05) is 54.6 Å². The Kier molecular flexibility index (Phi) is 6.03. The maximum atomic E-state index is 9.09. The van der Waals surface area contributed by atoms with Crippen molar-refractivity contribution in [3.63, 3.8) is 0 Å². The molecular weight excluding hydrogens is 348 g/mol. The van der Waals surface area contributed by atoms with Crippen molar-refractivity contribution in [3.05, 3.63) is 60.2 Å². The average Bonchev–Trinajstić information content (AvgIpc) is 2.72. The summed E-state index contributed by atoms with van der Waals surface area (Å²) in [5.74, 6) is 0. The third-order valence-electron chi connectivity index (χ3n) is 5.59. The number of nitrogens with one attached hydrogen (secondary N) is 1. The van der Waals surface area contributed by atoms with Crippen molar-refractivity contribution in [1.29, 1.82) is 0 Å². The molecule has 0 amide bonds. The van der Waals surface area contributed by atoms with Gasteiger partial charge >= 0.3 is 0 Å². The van der Waals surface area contributed by atoms with Crippen LogP contribution in [0.5, 0.6) is 0 Å². The fourth-order valence-corrected chi connectivity index (χ4v) is 4.22. The number of hydrogen-bond acceptors (Lipinski definition) is 4. The quantitative estimate of drug-likeness (QED) is 0.293. The minimum atomic E-state index is 0.135. The first-order valence-electron chi connectivity index (χ1n) is 10.1. The van der Waals surface area contributed by atoms with Crippen LogP contribution in [0, 0.1) is 0 Å². The van der Waals surface area contributed by atoms with Gasteiger partial charge in [0.25, 0.3) is 0 Å². The summed E-state index contributed by atoms with van der Waals surface area (Å²) >= 11 is 0. The predicted molar refractivity (Wildman–Crippen MR) is 117 cm³/mol. The van der Waals surface area contributed by atoms with Crippen LogP contribution in [0.25, 0.3) is 32.3 Å². The van der Waals surface area contributed by atoms with E-state index in [1.807, 2.05) is 0 Å². The number of aliphatic hydroxyl groups excluding tert-OH is 2. The lowest BCUT2D eigenvalue weighted by Crippen LogP contribution is -2.32. The van der Waals surface area contributed by atoms with Crippen LogP contribution in [0.1, 0.15) is 12.0 Å². The van der Waals surface area contributed by atoms with Crippen molar-refractivity contribution >= 4 is 32.3 Å². The molecule has 4 aromatic carbocycles. The molecule has 4 heteroatoms. The third kappa shape index (κ3) is 3.82. The maximum absolute atomic E-state index is 9.09. The Morgan fingerprint density at radius 2 is 1.36 bits per heavy atom. The molecule has 0 saturated carbocycles. The molecule has 0 aliphatic carbocycles. The minimum Gasteiger partial charge on any atom is -0.395 e. The van der Waals surface area contributed by atoms with Crippen LogP contribution in [0.2, 0.25) is 0 Å². The van der Waals surface area contributed by atoms with E-state index in [0.29, 0.717) is 13.1 Å². The number of aliphatic hydroxyl groups is 2. The third-order valence-corrected chi connectivity index (χ3v) is 5.59. The van der Waals surface area contributed by atoms with Gasteiger partial charge in [-0.15, -0.1) is 0 Å².